The molecule has 0 radical (unpaired) electrons. The second-order valence-corrected chi connectivity index (χ2v) is 6.12. The van der Waals surface area contributed by atoms with Crippen molar-refractivity contribution in [2.75, 3.05) is 0 Å². The van der Waals surface area contributed by atoms with Crippen molar-refractivity contribution in [1.29, 1.82) is 0 Å². The van der Waals surface area contributed by atoms with Gasteiger partial charge in [-0.3, -0.25) is 0 Å². The molecular formula is C21H18O. The van der Waals surface area contributed by atoms with E-state index in [1.807, 2.05) is 13.0 Å². The lowest BCUT2D eigenvalue weighted by Crippen LogP contribution is -2.02. The van der Waals surface area contributed by atoms with Gasteiger partial charge in [0.1, 0.15) is 5.75 Å². The van der Waals surface area contributed by atoms with Crippen molar-refractivity contribution in [3.05, 3.63) is 88.5 Å². The Morgan fingerprint density at radius 1 is 0.773 bits per heavy atom. The molecule has 1 heteroatoms. The predicted molar refractivity (Wildman–Crippen MR) is 90.4 cm³/mol. The Morgan fingerprint density at radius 2 is 1.32 bits per heavy atom. The lowest BCUT2D eigenvalue weighted by atomic mass is 9.85. The first-order chi connectivity index (χ1) is 10.7. The van der Waals surface area contributed by atoms with Crippen molar-refractivity contribution in [2.24, 2.45) is 0 Å². The summed E-state index contributed by atoms with van der Waals surface area (Å²) in [6.07, 6.45) is 0. The molecule has 108 valence electrons. The van der Waals surface area contributed by atoms with Crippen molar-refractivity contribution in [2.45, 2.75) is 19.8 Å². The van der Waals surface area contributed by atoms with Crippen LogP contribution in [-0.4, -0.2) is 5.11 Å². The SMILES string of the molecule is Cc1cc(C)c(C2c3ccccc3-c3ccccc32)c(O)c1. The number of rotatable bonds is 1. The molecule has 0 atom stereocenters. The molecule has 0 unspecified atom stereocenters. The molecule has 4 rings (SSSR count). The number of aryl methyl sites for hydroxylation is 2. The second-order valence-electron chi connectivity index (χ2n) is 6.12. The number of benzene rings is 3. The van der Waals surface area contributed by atoms with Crippen LogP contribution < -0.4 is 0 Å². The summed E-state index contributed by atoms with van der Waals surface area (Å²) < 4.78 is 0. The lowest BCUT2D eigenvalue weighted by molar-refractivity contribution is 0.466. The molecule has 22 heavy (non-hydrogen) atoms. The quantitative estimate of drug-likeness (QED) is 0.512. The minimum atomic E-state index is 0.119. The van der Waals surface area contributed by atoms with Crippen molar-refractivity contribution >= 4 is 0 Å². The van der Waals surface area contributed by atoms with Crippen LogP contribution in [0.4, 0.5) is 0 Å². The highest BCUT2D eigenvalue weighted by Gasteiger charge is 2.31. The second kappa shape index (κ2) is 4.74. The Hall–Kier alpha value is -2.54. The average molecular weight is 286 g/mol. The molecule has 3 aromatic rings. The molecule has 0 bridgehead atoms. The Morgan fingerprint density at radius 3 is 1.86 bits per heavy atom. The molecule has 1 aliphatic rings. The van der Waals surface area contributed by atoms with E-state index in [-0.39, 0.29) is 5.92 Å². The van der Waals surface area contributed by atoms with E-state index in [1.165, 1.54) is 22.3 Å². The fraction of sp³-hybridized carbons (Fsp3) is 0.143. The standard InChI is InChI=1S/C21H18O/c1-13-11-14(2)20(19(22)12-13)21-17-9-5-3-7-15(17)16-8-4-6-10-18(16)21/h3-12,21-22H,1-2H3. The maximum Gasteiger partial charge on any atom is 0.120 e. The predicted octanol–water partition coefficient (Wildman–Crippen LogP) is 5.17. The highest BCUT2D eigenvalue weighted by atomic mass is 16.3. The van der Waals surface area contributed by atoms with Gasteiger partial charge in [0, 0.05) is 11.5 Å². The van der Waals surface area contributed by atoms with Crippen molar-refractivity contribution in [3.8, 4) is 16.9 Å². The molecule has 0 spiro atoms. The van der Waals surface area contributed by atoms with Gasteiger partial charge in [0.25, 0.3) is 0 Å². The highest BCUT2D eigenvalue weighted by Crippen LogP contribution is 2.50. The first-order valence-corrected chi connectivity index (χ1v) is 7.65. The molecule has 0 aliphatic heterocycles. The van der Waals surface area contributed by atoms with Gasteiger partial charge in [-0.1, -0.05) is 54.6 Å². The van der Waals surface area contributed by atoms with Gasteiger partial charge in [-0.15, -0.1) is 0 Å². The zero-order chi connectivity index (χ0) is 15.3. The third-order valence-electron chi connectivity index (χ3n) is 4.63. The maximum absolute atomic E-state index is 10.6. The first-order valence-electron chi connectivity index (χ1n) is 7.65. The van der Waals surface area contributed by atoms with Crippen LogP contribution in [-0.2, 0) is 0 Å². The first kappa shape index (κ1) is 13.1. The normalized spacial score (nSPS) is 13.0. The smallest absolute Gasteiger partial charge is 0.120 e. The van der Waals surface area contributed by atoms with Crippen molar-refractivity contribution in [1.82, 2.24) is 0 Å². The monoisotopic (exact) mass is 286 g/mol. The number of hydrogen-bond acceptors (Lipinski definition) is 1. The zero-order valence-corrected chi connectivity index (χ0v) is 12.8. The molecular weight excluding hydrogens is 268 g/mol. The van der Waals surface area contributed by atoms with E-state index in [1.54, 1.807) is 0 Å². The van der Waals surface area contributed by atoms with Gasteiger partial charge in [-0.2, -0.15) is 0 Å². The van der Waals surface area contributed by atoms with E-state index in [2.05, 4.69) is 61.5 Å². The van der Waals surface area contributed by atoms with Crippen LogP contribution in [0.1, 0.15) is 33.7 Å². The number of phenolic OH excluding ortho intramolecular Hbond substituents is 1. The molecule has 0 saturated carbocycles. The van der Waals surface area contributed by atoms with Gasteiger partial charge < -0.3 is 5.11 Å². The van der Waals surface area contributed by atoms with Crippen LogP contribution in [0.2, 0.25) is 0 Å². The van der Waals surface area contributed by atoms with Crippen molar-refractivity contribution in [3.63, 3.8) is 0 Å². The fourth-order valence-electron chi connectivity index (χ4n) is 3.80. The van der Waals surface area contributed by atoms with Crippen LogP contribution in [0.15, 0.2) is 60.7 Å². The van der Waals surface area contributed by atoms with Gasteiger partial charge in [0.15, 0.2) is 0 Å². The van der Waals surface area contributed by atoms with Gasteiger partial charge in [0.2, 0.25) is 0 Å². The van der Waals surface area contributed by atoms with E-state index in [0.717, 1.165) is 16.7 Å². The Labute approximate surface area is 130 Å². The Bertz CT molecular complexity index is 808. The summed E-state index contributed by atoms with van der Waals surface area (Å²) in [6.45, 7) is 4.11. The average Bonchev–Trinajstić information content (AvgIpc) is 2.82. The van der Waals surface area contributed by atoms with E-state index >= 15 is 0 Å². The summed E-state index contributed by atoms with van der Waals surface area (Å²) in [4.78, 5) is 0. The number of aromatic hydroxyl groups is 1. The van der Waals surface area contributed by atoms with Crippen LogP contribution in [0.5, 0.6) is 5.75 Å². The molecule has 0 heterocycles. The Kier molecular flexibility index (Phi) is 2.83. The zero-order valence-electron chi connectivity index (χ0n) is 12.8. The van der Waals surface area contributed by atoms with Gasteiger partial charge >= 0.3 is 0 Å². The molecule has 1 nitrogen and oxygen atoms in total. The maximum atomic E-state index is 10.6. The van der Waals surface area contributed by atoms with Crippen molar-refractivity contribution < 1.29 is 5.11 Å². The third kappa shape index (κ3) is 1.79. The molecule has 0 amide bonds. The van der Waals surface area contributed by atoms with Gasteiger partial charge in [0.05, 0.1) is 0 Å². The minimum Gasteiger partial charge on any atom is -0.508 e. The Balaban J connectivity index is 2.04. The summed E-state index contributed by atoms with van der Waals surface area (Å²) in [5.74, 6) is 0.516. The van der Waals surface area contributed by atoms with Crippen LogP contribution in [0.25, 0.3) is 11.1 Å². The van der Waals surface area contributed by atoms with Crippen LogP contribution >= 0.6 is 0 Å². The number of hydrogen-bond donors (Lipinski definition) is 1. The van der Waals surface area contributed by atoms with E-state index < -0.39 is 0 Å². The molecule has 1 aliphatic carbocycles. The summed E-state index contributed by atoms with van der Waals surface area (Å²) >= 11 is 0. The molecule has 0 aromatic heterocycles. The van der Waals surface area contributed by atoms with Gasteiger partial charge in [-0.05, 0) is 53.3 Å². The summed E-state index contributed by atoms with van der Waals surface area (Å²) in [7, 11) is 0. The summed E-state index contributed by atoms with van der Waals surface area (Å²) in [5.41, 5.74) is 8.40. The van der Waals surface area contributed by atoms with E-state index in [9.17, 15) is 5.11 Å². The molecule has 1 N–H and O–H groups in total. The highest BCUT2D eigenvalue weighted by molar-refractivity contribution is 5.81. The molecule has 3 aromatic carbocycles. The minimum absolute atomic E-state index is 0.119. The lowest BCUT2D eigenvalue weighted by Gasteiger charge is -2.19. The molecule has 0 fully saturated rings. The number of phenols is 1. The fourth-order valence-corrected chi connectivity index (χ4v) is 3.80. The third-order valence-corrected chi connectivity index (χ3v) is 4.63. The molecule has 0 saturated heterocycles. The summed E-state index contributed by atoms with van der Waals surface area (Å²) in [6, 6.07) is 21.1. The van der Waals surface area contributed by atoms with Gasteiger partial charge in [-0.25, -0.2) is 0 Å². The largest absolute Gasteiger partial charge is 0.508 e. The topological polar surface area (TPSA) is 20.2 Å². The van der Waals surface area contributed by atoms with Crippen LogP contribution in [0, 0.1) is 13.8 Å². The summed E-state index contributed by atoms with van der Waals surface area (Å²) in [5, 5.41) is 10.6. The van der Waals surface area contributed by atoms with Crippen LogP contribution in [0.3, 0.4) is 0 Å². The van der Waals surface area contributed by atoms with E-state index in [0.29, 0.717) is 5.75 Å². The number of fused-ring (bicyclic) bond motifs is 3. The van der Waals surface area contributed by atoms with E-state index in [4.69, 9.17) is 0 Å².